The number of carbonyl (C=O) groups is 2. The van der Waals surface area contributed by atoms with E-state index in [2.05, 4.69) is 26.1 Å². The lowest BCUT2D eigenvalue weighted by atomic mass is 9.71. The minimum absolute atomic E-state index is 0.0388. The smallest absolute Gasteiger partial charge is 0.246 e. The summed E-state index contributed by atoms with van der Waals surface area (Å²) in [6, 6.07) is -0.398. The summed E-state index contributed by atoms with van der Waals surface area (Å²) in [6.45, 7) is 8.55. The number of hydrogen-bond donors (Lipinski definition) is 1. The van der Waals surface area contributed by atoms with Crippen LogP contribution in [0, 0.1) is 5.41 Å². The van der Waals surface area contributed by atoms with Gasteiger partial charge in [0.1, 0.15) is 12.1 Å². The van der Waals surface area contributed by atoms with Crippen molar-refractivity contribution in [3.8, 4) is 0 Å². The van der Waals surface area contributed by atoms with Gasteiger partial charge in [0.05, 0.1) is 0 Å². The van der Waals surface area contributed by atoms with Crippen LogP contribution in [0.2, 0.25) is 0 Å². The molecule has 21 heavy (non-hydrogen) atoms. The molecule has 4 heteroatoms. The van der Waals surface area contributed by atoms with Gasteiger partial charge in [-0.1, -0.05) is 47.0 Å². The maximum Gasteiger partial charge on any atom is 0.246 e. The molecule has 0 bridgehead atoms. The van der Waals surface area contributed by atoms with E-state index in [0.717, 1.165) is 32.1 Å². The monoisotopic (exact) mass is 294 g/mol. The maximum absolute atomic E-state index is 12.9. The van der Waals surface area contributed by atoms with Crippen LogP contribution in [-0.4, -0.2) is 34.8 Å². The zero-order chi connectivity index (χ0) is 15.6. The van der Waals surface area contributed by atoms with Gasteiger partial charge >= 0.3 is 0 Å². The molecule has 2 aliphatic rings. The van der Waals surface area contributed by atoms with Crippen LogP contribution in [0.4, 0.5) is 0 Å². The number of carbonyl (C=O) groups excluding carboxylic acids is 2. The summed E-state index contributed by atoms with van der Waals surface area (Å²) in [6.07, 6.45) is 6.91. The molecule has 0 spiro atoms. The Bertz CT molecular complexity index is 406. The van der Waals surface area contributed by atoms with E-state index in [-0.39, 0.29) is 35.4 Å². The second-order valence-electron chi connectivity index (χ2n) is 7.27. The molecule has 3 atom stereocenters. The van der Waals surface area contributed by atoms with E-state index in [1.807, 2.05) is 11.8 Å². The molecule has 1 aliphatic carbocycles. The van der Waals surface area contributed by atoms with Crippen molar-refractivity contribution in [3.63, 3.8) is 0 Å². The summed E-state index contributed by atoms with van der Waals surface area (Å²) < 4.78 is 0. The number of hydrogen-bond acceptors (Lipinski definition) is 2. The van der Waals surface area contributed by atoms with Gasteiger partial charge in [0.25, 0.3) is 0 Å². The van der Waals surface area contributed by atoms with Gasteiger partial charge in [-0.15, -0.1) is 0 Å². The van der Waals surface area contributed by atoms with Gasteiger partial charge in [-0.3, -0.25) is 9.59 Å². The van der Waals surface area contributed by atoms with Crippen LogP contribution in [0.25, 0.3) is 0 Å². The third-order valence-electron chi connectivity index (χ3n) is 5.26. The molecular weight excluding hydrogens is 264 g/mol. The maximum atomic E-state index is 12.9. The lowest BCUT2D eigenvalue weighted by molar-refractivity contribution is -0.157. The highest BCUT2D eigenvalue weighted by Crippen LogP contribution is 2.40. The fourth-order valence-electron chi connectivity index (χ4n) is 4.02. The van der Waals surface area contributed by atoms with Crippen LogP contribution in [-0.2, 0) is 9.59 Å². The molecule has 120 valence electrons. The Balaban J connectivity index is 2.30. The van der Waals surface area contributed by atoms with E-state index >= 15 is 0 Å². The van der Waals surface area contributed by atoms with E-state index in [0.29, 0.717) is 6.42 Å². The van der Waals surface area contributed by atoms with E-state index < -0.39 is 0 Å². The van der Waals surface area contributed by atoms with Crippen LogP contribution in [0.3, 0.4) is 0 Å². The van der Waals surface area contributed by atoms with Gasteiger partial charge in [-0.05, 0) is 31.1 Å². The molecule has 4 nitrogen and oxygen atoms in total. The molecule has 2 amide bonds. The Morgan fingerprint density at radius 3 is 2.52 bits per heavy atom. The van der Waals surface area contributed by atoms with Gasteiger partial charge in [0, 0.05) is 6.04 Å². The van der Waals surface area contributed by atoms with Crippen molar-refractivity contribution in [2.45, 2.75) is 90.8 Å². The van der Waals surface area contributed by atoms with Gasteiger partial charge in [-0.25, -0.2) is 0 Å². The molecule has 3 unspecified atom stereocenters. The molecule has 0 aromatic carbocycles. The first kappa shape index (κ1) is 16.3. The molecule has 1 saturated heterocycles. The Kier molecular flexibility index (Phi) is 4.95. The zero-order valence-electron chi connectivity index (χ0n) is 13.9. The number of rotatable bonds is 4. The van der Waals surface area contributed by atoms with Crippen LogP contribution in [0.1, 0.15) is 72.6 Å². The summed E-state index contributed by atoms with van der Waals surface area (Å²) in [5.74, 6) is 0.181. The van der Waals surface area contributed by atoms with Crippen molar-refractivity contribution in [1.82, 2.24) is 10.2 Å². The molecule has 1 aliphatic heterocycles. The lowest BCUT2D eigenvalue weighted by Crippen LogP contribution is -2.67. The first-order valence-corrected chi connectivity index (χ1v) is 8.55. The average Bonchev–Trinajstić information content (AvgIpc) is 2.42. The predicted molar refractivity (Wildman–Crippen MR) is 83.8 cm³/mol. The number of nitrogens with one attached hydrogen (secondary N) is 1. The number of nitrogens with zero attached hydrogens (tertiary/aromatic N) is 1. The molecule has 2 fully saturated rings. The van der Waals surface area contributed by atoms with E-state index in [1.54, 1.807) is 0 Å². The zero-order valence-corrected chi connectivity index (χ0v) is 13.9. The molecule has 1 heterocycles. The molecule has 1 saturated carbocycles. The quantitative estimate of drug-likeness (QED) is 0.866. The van der Waals surface area contributed by atoms with Gasteiger partial charge in [-0.2, -0.15) is 0 Å². The van der Waals surface area contributed by atoms with Crippen molar-refractivity contribution in [1.29, 1.82) is 0 Å². The normalized spacial score (nSPS) is 33.0. The Hall–Kier alpha value is -1.06. The van der Waals surface area contributed by atoms with Crippen LogP contribution >= 0.6 is 0 Å². The van der Waals surface area contributed by atoms with E-state index in [1.165, 1.54) is 6.42 Å². The van der Waals surface area contributed by atoms with E-state index in [4.69, 9.17) is 0 Å². The minimum Gasteiger partial charge on any atom is -0.343 e. The highest BCUT2D eigenvalue weighted by molar-refractivity contribution is 5.97. The highest BCUT2D eigenvalue weighted by atomic mass is 16.2. The second kappa shape index (κ2) is 6.37. The summed E-state index contributed by atoms with van der Waals surface area (Å²) in [5, 5.41) is 2.93. The topological polar surface area (TPSA) is 49.4 Å². The minimum atomic E-state index is -0.317. The van der Waals surface area contributed by atoms with Gasteiger partial charge < -0.3 is 10.2 Å². The Morgan fingerprint density at radius 1 is 1.24 bits per heavy atom. The van der Waals surface area contributed by atoms with Crippen molar-refractivity contribution < 1.29 is 9.59 Å². The first-order chi connectivity index (χ1) is 9.92. The van der Waals surface area contributed by atoms with Crippen molar-refractivity contribution in [2.75, 3.05) is 0 Å². The standard InChI is InChI=1S/C17H30N2O2/c1-5-9-12-16(21)19(13(6-2)15(20)18-12)14-10-7-8-11-17(14,3)4/h12-14H,5-11H2,1-4H3,(H,18,20). The third-order valence-corrected chi connectivity index (χ3v) is 5.26. The molecular formula is C17H30N2O2. The van der Waals surface area contributed by atoms with Gasteiger partial charge in [0.2, 0.25) is 11.8 Å². The summed E-state index contributed by atoms with van der Waals surface area (Å²) in [4.78, 5) is 27.3. The average molecular weight is 294 g/mol. The van der Waals surface area contributed by atoms with E-state index in [9.17, 15) is 9.59 Å². The molecule has 0 aromatic heterocycles. The molecule has 1 N–H and O–H groups in total. The predicted octanol–water partition coefficient (Wildman–Crippen LogP) is 2.86. The first-order valence-electron chi connectivity index (χ1n) is 8.55. The fourth-order valence-corrected chi connectivity index (χ4v) is 4.02. The number of amides is 2. The molecule has 2 rings (SSSR count). The Morgan fingerprint density at radius 2 is 1.95 bits per heavy atom. The fraction of sp³-hybridized carbons (Fsp3) is 0.882. The summed E-state index contributed by atoms with van der Waals surface area (Å²) >= 11 is 0. The largest absolute Gasteiger partial charge is 0.343 e. The number of piperazine rings is 1. The van der Waals surface area contributed by atoms with Gasteiger partial charge in [0.15, 0.2) is 0 Å². The molecule has 0 aromatic rings. The van der Waals surface area contributed by atoms with Crippen molar-refractivity contribution in [3.05, 3.63) is 0 Å². The second-order valence-corrected chi connectivity index (χ2v) is 7.27. The van der Waals surface area contributed by atoms with Crippen molar-refractivity contribution >= 4 is 11.8 Å². The van der Waals surface area contributed by atoms with Crippen molar-refractivity contribution in [2.24, 2.45) is 5.41 Å². The Labute approximate surface area is 128 Å². The SMILES string of the molecule is CCCC1NC(=O)C(CC)N(C2CCCCC2(C)C)C1=O. The summed E-state index contributed by atoms with van der Waals surface area (Å²) in [5.41, 5.74) is 0.107. The van der Waals surface area contributed by atoms with Crippen LogP contribution in [0.5, 0.6) is 0 Å². The summed E-state index contributed by atoms with van der Waals surface area (Å²) in [7, 11) is 0. The van der Waals surface area contributed by atoms with Crippen LogP contribution in [0.15, 0.2) is 0 Å². The van der Waals surface area contributed by atoms with Crippen LogP contribution < -0.4 is 5.32 Å². The molecule has 0 radical (unpaired) electrons. The lowest BCUT2D eigenvalue weighted by Gasteiger charge is -2.50. The highest BCUT2D eigenvalue weighted by Gasteiger charge is 2.47. The third kappa shape index (κ3) is 3.09.